The largest absolute Gasteiger partial charge is 0.457 e. The zero-order chi connectivity index (χ0) is 12.7. The van der Waals surface area contributed by atoms with Crippen molar-refractivity contribution in [1.82, 2.24) is 0 Å². The van der Waals surface area contributed by atoms with E-state index in [0.29, 0.717) is 0 Å². The van der Waals surface area contributed by atoms with Crippen molar-refractivity contribution in [2.24, 2.45) is 0 Å². The molecule has 0 saturated heterocycles. The molecule has 2 aromatic carbocycles. The molecular formula is C18H12O. The van der Waals surface area contributed by atoms with E-state index < -0.39 is 0 Å². The highest BCUT2D eigenvalue weighted by atomic mass is 16.3. The van der Waals surface area contributed by atoms with Crippen molar-refractivity contribution in [1.29, 1.82) is 0 Å². The van der Waals surface area contributed by atoms with E-state index in [1.807, 2.05) is 24.3 Å². The summed E-state index contributed by atoms with van der Waals surface area (Å²) in [6, 6.07) is 24.9. The van der Waals surface area contributed by atoms with Gasteiger partial charge in [0.25, 0.3) is 0 Å². The SMILES string of the molecule is c1cc2ccc1o2.c1ccc2c(c1)-c1ccccc1-2. The molecule has 0 spiro atoms. The Morgan fingerprint density at radius 3 is 0.947 bits per heavy atom. The molecule has 0 radical (unpaired) electrons. The van der Waals surface area contributed by atoms with E-state index in [-0.39, 0.29) is 0 Å². The molecule has 0 N–H and O–H groups in total. The fraction of sp³-hybridized carbons (Fsp3) is 0. The van der Waals surface area contributed by atoms with Crippen LogP contribution in [0.2, 0.25) is 0 Å². The summed E-state index contributed by atoms with van der Waals surface area (Å²) in [6.45, 7) is 0. The van der Waals surface area contributed by atoms with E-state index >= 15 is 0 Å². The zero-order valence-corrected chi connectivity index (χ0v) is 10.3. The van der Waals surface area contributed by atoms with Crippen molar-refractivity contribution in [3.63, 3.8) is 0 Å². The predicted molar refractivity (Wildman–Crippen MR) is 78.3 cm³/mol. The van der Waals surface area contributed by atoms with Crippen molar-refractivity contribution in [2.75, 3.05) is 0 Å². The van der Waals surface area contributed by atoms with Crippen LogP contribution < -0.4 is 0 Å². The van der Waals surface area contributed by atoms with Crippen LogP contribution in [-0.4, -0.2) is 0 Å². The number of furan rings is 2. The van der Waals surface area contributed by atoms with Gasteiger partial charge >= 0.3 is 0 Å². The van der Waals surface area contributed by atoms with Gasteiger partial charge in [0.2, 0.25) is 0 Å². The predicted octanol–water partition coefficient (Wildman–Crippen LogP) is 5.20. The number of hydrogen-bond acceptors (Lipinski definition) is 1. The fourth-order valence-electron chi connectivity index (χ4n) is 2.56. The highest BCUT2D eigenvalue weighted by Gasteiger charge is 2.19. The summed E-state index contributed by atoms with van der Waals surface area (Å²) < 4.78 is 5.08. The maximum atomic E-state index is 5.08. The normalized spacial score (nSPS) is 11.2. The molecule has 1 nitrogen and oxygen atoms in total. The quantitative estimate of drug-likeness (QED) is 0.364. The highest BCUT2D eigenvalue weighted by Crippen LogP contribution is 2.46. The molecule has 1 heteroatoms. The van der Waals surface area contributed by atoms with Gasteiger partial charge in [-0.2, -0.15) is 0 Å². The lowest BCUT2D eigenvalue weighted by Gasteiger charge is -2.22. The number of fused-ring (bicyclic) bond motifs is 6. The Morgan fingerprint density at radius 2 is 0.737 bits per heavy atom. The molecule has 1 aliphatic carbocycles. The molecule has 0 amide bonds. The van der Waals surface area contributed by atoms with E-state index in [0.717, 1.165) is 11.2 Å². The monoisotopic (exact) mass is 244 g/mol. The highest BCUT2D eigenvalue weighted by molar-refractivity contribution is 6.02. The average molecular weight is 244 g/mol. The summed E-state index contributed by atoms with van der Waals surface area (Å²) in [5.41, 5.74) is 7.52. The van der Waals surface area contributed by atoms with Gasteiger partial charge in [-0.15, -0.1) is 0 Å². The molecule has 0 unspecified atom stereocenters. The summed E-state index contributed by atoms with van der Waals surface area (Å²) in [5, 5.41) is 0. The molecule has 4 aromatic rings. The van der Waals surface area contributed by atoms with Gasteiger partial charge in [0.1, 0.15) is 11.2 Å². The molecular weight excluding hydrogens is 232 g/mol. The van der Waals surface area contributed by atoms with Crippen LogP contribution in [0.15, 0.2) is 77.2 Å². The van der Waals surface area contributed by atoms with Gasteiger partial charge in [-0.3, -0.25) is 0 Å². The van der Waals surface area contributed by atoms with Gasteiger partial charge in [0.05, 0.1) is 0 Å². The fourth-order valence-corrected chi connectivity index (χ4v) is 2.56. The molecule has 0 aliphatic heterocycles. The summed E-state index contributed by atoms with van der Waals surface area (Å²) >= 11 is 0. The summed E-state index contributed by atoms with van der Waals surface area (Å²) in [6.07, 6.45) is 0. The maximum absolute atomic E-state index is 5.08. The van der Waals surface area contributed by atoms with Crippen LogP contribution in [0.25, 0.3) is 33.4 Å². The minimum atomic E-state index is 0.968. The molecule has 1 aliphatic rings. The topological polar surface area (TPSA) is 13.1 Å². The second-order valence-electron chi connectivity index (χ2n) is 4.66. The average Bonchev–Trinajstić information content (AvgIpc) is 3.10. The van der Waals surface area contributed by atoms with Crippen molar-refractivity contribution >= 4 is 11.2 Å². The van der Waals surface area contributed by atoms with Gasteiger partial charge in [0.15, 0.2) is 0 Å². The van der Waals surface area contributed by atoms with Gasteiger partial charge in [-0.1, -0.05) is 48.5 Å². The van der Waals surface area contributed by atoms with Crippen LogP contribution >= 0.6 is 0 Å². The van der Waals surface area contributed by atoms with E-state index in [2.05, 4.69) is 48.5 Å². The number of benzene rings is 3. The standard InChI is InChI=1S/C12H8.C6H4O/c1-2-6-10-9(5-1)11-7-3-4-8-12(10)11;1-2-6-4-3-5(1)7-6/h1-8H;1-4H. The van der Waals surface area contributed by atoms with Gasteiger partial charge in [-0.25, -0.2) is 0 Å². The van der Waals surface area contributed by atoms with Crippen LogP contribution in [0.3, 0.4) is 0 Å². The molecule has 19 heavy (non-hydrogen) atoms. The molecule has 2 bridgehead atoms. The zero-order valence-electron chi connectivity index (χ0n) is 10.3. The Balaban J connectivity index is 0.000000117. The number of rotatable bonds is 0. The van der Waals surface area contributed by atoms with Crippen molar-refractivity contribution in [3.05, 3.63) is 72.8 Å². The Bertz CT molecular complexity index is 681. The maximum Gasteiger partial charge on any atom is 0.127 e. The Morgan fingerprint density at radius 1 is 0.421 bits per heavy atom. The van der Waals surface area contributed by atoms with Gasteiger partial charge < -0.3 is 4.42 Å². The van der Waals surface area contributed by atoms with Crippen LogP contribution in [0.5, 0.6) is 0 Å². The van der Waals surface area contributed by atoms with Crippen LogP contribution in [0.4, 0.5) is 0 Å². The lowest BCUT2D eigenvalue weighted by molar-refractivity contribution is 0.675. The van der Waals surface area contributed by atoms with Gasteiger partial charge in [0, 0.05) is 0 Å². The van der Waals surface area contributed by atoms with E-state index in [9.17, 15) is 0 Å². The van der Waals surface area contributed by atoms with E-state index in [1.54, 1.807) is 0 Å². The third kappa shape index (κ3) is 1.63. The first-order valence-corrected chi connectivity index (χ1v) is 6.38. The molecule has 2 heterocycles. The first-order chi connectivity index (χ1) is 9.42. The first-order valence-electron chi connectivity index (χ1n) is 6.38. The lowest BCUT2D eigenvalue weighted by atomic mass is 9.81. The minimum absolute atomic E-state index is 0.968. The van der Waals surface area contributed by atoms with Crippen molar-refractivity contribution in [3.8, 4) is 22.3 Å². The van der Waals surface area contributed by atoms with E-state index in [1.165, 1.54) is 22.3 Å². The van der Waals surface area contributed by atoms with Crippen LogP contribution in [-0.2, 0) is 0 Å². The Kier molecular flexibility index (Phi) is 2.18. The molecule has 0 fully saturated rings. The summed E-state index contributed by atoms with van der Waals surface area (Å²) in [7, 11) is 0. The Labute approximate surface area is 111 Å². The summed E-state index contributed by atoms with van der Waals surface area (Å²) in [5.74, 6) is 0. The molecule has 90 valence electrons. The molecule has 5 rings (SSSR count). The second kappa shape index (κ2) is 3.99. The smallest absolute Gasteiger partial charge is 0.127 e. The lowest BCUT2D eigenvalue weighted by Crippen LogP contribution is -1.96. The summed E-state index contributed by atoms with van der Waals surface area (Å²) in [4.78, 5) is 0. The molecule has 0 atom stereocenters. The number of hydrogen-bond donors (Lipinski definition) is 0. The second-order valence-corrected chi connectivity index (χ2v) is 4.66. The molecule has 0 saturated carbocycles. The van der Waals surface area contributed by atoms with E-state index in [4.69, 9.17) is 4.42 Å². The van der Waals surface area contributed by atoms with Crippen LogP contribution in [0.1, 0.15) is 0 Å². The third-order valence-electron chi connectivity index (χ3n) is 3.49. The molecule has 2 aromatic heterocycles. The van der Waals surface area contributed by atoms with Crippen molar-refractivity contribution in [2.45, 2.75) is 0 Å². The minimum Gasteiger partial charge on any atom is -0.457 e. The van der Waals surface area contributed by atoms with Gasteiger partial charge in [-0.05, 0) is 46.5 Å². The third-order valence-corrected chi connectivity index (χ3v) is 3.49. The van der Waals surface area contributed by atoms with Crippen molar-refractivity contribution < 1.29 is 4.42 Å². The van der Waals surface area contributed by atoms with Crippen LogP contribution in [0, 0.1) is 0 Å². The first kappa shape index (κ1) is 10.4. The Hall–Kier alpha value is -2.54.